The number of piperazine rings is 1. The summed E-state index contributed by atoms with van der Waals surface area (Å²) in [4.78, 5) is 37.8. The highest BCUT2D eigenvalue weighted by Gasteiger charge is 2.24. The van der Waals surface area contributed by atoms with Gasteiger partial charge in [0.15, 0.2) is 5.13 Å². The van der Waals surface area contributed by atoms with Crippen LogP contribution in [0.25, 0.3) is 0 Å². The molecule has 0 unspecified atom stereocenters. The second kappa shape index (κ2) is 8.91. The van der Waals surface area contributed by atoms with E-state index in [-0.39, 0.29) is 11.8 Å². The zero-order valence-corrected chi connectivity index (χ0v) is 17.3. The minimum absolute atomic E-state index is 0.128. The maximum atomic E-state index is 12.8. The third-order valence-corrected chi connectivity index (χ3v) is 5.59. The average molecular weight is 423 g/mol. The Balaban J connectivity index is 1.34. The molecule has 3 aromatic rings. The highest BCUT2D eigenvalue weighted by Crippen LogP contribution is 2.20. The molecule has 0 spiro atoms. The molecule has 9 heteroatoms. The fraction of sp³-hybridized carbons (Fsp3) is 0.238. The maximum absolute atomic E-state index is 12.8. The number of benzene rings is 1. The predicted octanol–water partition coefficient (Wildman–Crippen LogP) is 2.76. The molecule has 0 atom stereocenters. The van der Waals surface area contributed by atoms with Crippen LogP contribution in [0, 0.1) is 0 Å². The van der Waals surface area contributed by atoms with Crippen LogP contribution < -0.4 is 15.0 Å². The number of hydrogen-bond acceptors (Lipinski definition) is 7. The Hall–Kier alpha value is -3.46. The summed E-state index contributed by atoms with van der Waals surface area (Å²) in [6, 6.07) is 12.6. The topological polar surface area (TPSA) is 87.7 Å². The van der Waals surface area contributed by atoms with E-state index in [1.165, 1.54) is 11.3 Å². The second-order valence-corrected chi connectivity index (χ2v) is 7.55. The molecule has 30 heavy (non-hydrogen) atoms. The molecule has 3 heterocycles. The molecular formula is C21H21N5O3S. The van der Waals surface area contributed by atoms with Crippen molar-refractivity contribution in [2.24, 2.45) is 0 Å². The Labute approximate surface area is 178 Å². The van der Waals surface area contributed by atoms with Crippen LogP contribution in [-0.2, 0) is 0 Å². The Morgan fingerprint density at radius 3 is 2.50 bits per heavy atom. The second-order valence-electron chi connectivity index (χ2n) is 6.69. The average Bonchev–Trinajstić information content (AvgIpc) is 3.27. The van der Waals surface area contributed by atoms with E-state index >= 15 is 0 Å². The number of aromatic nitrogens is 2. The lowest BCUT2D eigenvalue weighted by Crippen LogP contribution is -2.49. The molecule has 1 aliphatic heterocycles. The van der Waals surface area contributed by atoms with Crippen LogP contribution in [0.5, 0.6) is 5.75 Å². The minimum atomic E-state index is -0.282. The number of amides is 2. The van der Waals surface area contributed by atoms with Crippen molar-refractivity contribution in [2.75, 3.05) is 43.5 Å². The molecule has 2 aromatic heterocycles. The first kappa shape index (κ1) is 19.8. The van der Waals surface area contributed by atoms with Crippen LogP contribution >= 0.6 is 11.3 Å². The summed E-state index contributed by atoms with van der Waals surface area (Å²) < 4.78 is 5.10. The van der Waals surface area contributed by atoms with Crippen LogP contribution in [0.4, 0.5) is 10.9 Å². The van der Waals surface area contributed by atoms with Gasteiger partial charge >= 0.3 is 0 Å². The number of carbonyl (C=O) groups excluding carboxylic acids is 2. The van der Waals surface area contributed by atoms with Crippen LogP contribution in [0.15, 0.2) is 54.0 Å². The van der Waals surface area contributed by atoms with Crippen molar-refractivity contribution in [3.8, 4) is 5.75 Å². The summed E-state index contributed by atoms with van der Waals surface area (Å²) in [6.07, 6.45) is 1.77. The molecule has 0 saturated carbocycles. The fourth-order valence-electron chi connectivity index (χ4n) is 3.18. The quantitative estimate of drug-likeness (QED) is 0.679. The number of carbonyl (C=O) groups is 2. The Bertz CT molecular complexity index is 1010. The molecule has 1 aliphatic rings. The number of nitrogens with zero attached hydrogens (tertiary/aromatic N) is 4. The normalized spacial score (nSPS) is 13.8. The van der Waals surface area contributed by atoms with Gasteiger partial charge in [-0.3, -0.25) is 14.9 Å². The monoisotopic (exact) mass is 423 g/mol. The molecule has 0 bridgehead atoms. The number of ether oxygens (including phenoxy) is 1. The van der Waals surface area contributed by atoms with Gasteiger partial charge in [-0.15, -0.1) is 11.3 Å². The first-order chi connectivity index (χ1) is 14.6. The number of methoxy groups -OCH3 is 1. The van der Waals surface area contributed by atoms with Gasteiger partial charge < -0.3 is 14.5 Å². The molecule has 2 amide bonds. The smallest absolute Gasteiger partial charge is 0.273 e. The number of thiazole rings is 1. The van der Waals surface area contributed by atoms with Gasteiger partial charge in [0.1, 0.15) is 17.3 Å². The van der Waals surface area contributed by atoms with Gasteiger partial charge in [-0.2, -0.15) is 0 Å². The summed E-state index contributed by atoms with van der Waals surface area (Å²) >= 11 is 1.23. The van der Waals surface area contributed by atoms with E-state index in [2.05, 4.69) is 20.2 Å². The molecule has 1 fully saturated rings. The van der Waals surface area contributed by atoms with Gasteiger partial charge in [-0.1, -0.05) is 6.07 Å². The molecule has 4 rings (SSSR count). The lowest BCUT2D eigenvalue weighted by atomic mass is 10.2. The predicted molar refractivity (Wildman–Crippen MR) is 115 cm³/mol. The lowest BCUT2D eigenvalue weighted by Gasteiger charge is -2.35. The zero-order valence-electron chi connectivity index (χ0n) is 16.4. The number of anilines is 2. The summed E-state index contributed by atoms with van der Waals surface area (Å²) in [5, 5.41) is 4.82. The van der Waals surface area contributed by atoms with Crippen LogP contribution in [-0.4, -0.2) is 60.0 Å². The van der Waals surface area contributed by atoms with Crippen molar-refractivity contribution < 1.29 is 14.3 Å². The standard InChI is InChI=1S/C21H21N5O3S/c1-29-16-7-5-15(6-8-16)19(27)24-21-23-17(14-30-21)20(28)26-12-10-25(11-13-26)18-4-2-3-9-22-18/h2-9,14H,10-13H2,1H3,(H,23,24,27). The molecule has 1 N–H and O–H groups in total. The van der Waals surface area contributed by atoms with Gasteiger partial charge in [-0.05, 0) is 36.4 Å². The Kier molecular flexibility index (Phi) is 5.89. The van der Waals surface area contributed by atoms with Crippen LogP contribution in [0.3, 0.4) is 0 Å². The zero-order chi connectivity index (χ0) is 20.9. The van der Waals surface area contributed by atoms with Crippen LogP contribution in [0.2, 0.25) is 0 Å². The van der Waals surface area contributed by atoms with Gasteiger partial charge in [0.05, 0.1) is 7.11 Å². The fourth-order valence-corrected chi connectivity index (χ4v) is 3.86. The third kappa shape index (κ3) is 4.41. The number of nitrogens with one attached hydrogen (secondary N) is 1. The maximum Gasteiger partial charge on any atom is 0.273 e. The molecule has 154 valence electrons. The van der Waals surface area contributed by atoms with Crippen molar-refractivity contribution in [2.45, 2.75) is 0 Å². The SMILES string of the molecule is COc1ccc(C(=O)Nc2nc(C(=O)N3CCN(c4ccccn4)CC3)cs2)cc1. The van der Waals surface area contributed by atoms with Crippen molar-refractivity contribution >= 4 is 34.1 Å². The lowest BCUT2D eigenvalue weighted by molar-refractivity contribution is 0.0741. The van der Waals surface area contributed by atoms with Crippen molar-refractivity contribution in [1.82, 2.24) is 14.9 Å². The van der Waals surface area contributed by atoms with E-state index in [9.17, 15) is 9.59 Å². The van der Waals surface area contributed by atoms with Gasteiger partial charge in [0.2, 0.25) is 0 Å². The summed E-state index contributed by atoms with van der Waals surface area (Å²) in [7, 11) is 1.57. The largest absolute Gasteiger partial charge is 0.497 e. The number of rotatable bonds is 5. The van der Waals surface area contributed by atoms with E-state index < -0.39 is 0 Å². The number of pyridine rings is 1. The van der Waals surface area contributed by atoms with E-state index in [0.717, 1.165) is 5.82 Å². The Morgan fingerprint density at radius 1 is 1.07 bits per heavy atom. The third-order valence-electron chi connectivity index (χ3n) is 4.84. The first-order valence-electron chi connectivity index (χ1n) is 9.50. The molecular weight excluding hydrogens is 402 g/mol. The molecule has 0 aliphatic carbocycles. The van der Waals surface area contributed by atoms with Crippen molar-refractivity contribution in [1.29, 1.82) is 0 Å². The summed E-state index contributed by atoms with van der Waals surface area (Å²) in [5.41, 5.74) is 0.834. The number of hydrogen-bond donors (Lipinski definition) is 1. The van der Waals surface area contributed by atoms with Gasteiger partial charge in [0.25, 0.3) is 11.8 Å². The summed E-state index contributed by atoms with van der Waals surface area (Å²) in [6.45, 7) is 2.63. The molecule has 8 nitrogen and oxygen atoms in total. The Morgan fingerprint density at radius 2 is 1.83 bits per heavy atom. The molecule has 1 saturated heterocycles. The van der Waals surface area contributed by atoms with Gasteiger partial charge in [0, 0.05) is 43.3 Å². The van der Waals surface area contributed by atoms with Crippen LogP contribution in [0.1, 0.15) is 20.8 Å². The highest BCUT2D eigenvalue weighted by molar-refractivity contribution is 7.14. The van der Waals surface area contributed by atoms with E-state index in [4.69, 9.17) is 4.74 Å². The summed E-state index contributed by atoms with van der Waals surface area (Å²) in [5.74, 6) is 1.19. The van der Waals surface area contributed by atoms with E-state index in [1.807, 2.05) is 18.2 Å². The van der Waals surface area contributed by atoms with Gasteiger partial charge in [-0.25, -0.2) is 9.97 Å². The van der Waals surface area contributed by atoms with E-state index in [1.54, 1.807) is 47.9 Å². The highest BCUT2D eigenvalue weighted by atomic mass is 32.1. The molecule has 1 aromatic carbocycles. The van der Waals surface area contributed by atoms with E-state index in [0.29, 0.717) is 48.3 Å². The van der Waals surface area contributed by atoms with Crippen molar-refractivity contribution in [3.63, 3.8) is 0 Å². The minimum Gasteiger partial charge on any atom is -0.497 e. The molecule has 0 radical (unpaired) electrons. The first-order valence-corrected chi connectivity index (χ1v) is 10.4. The van der Waals surface area contributed by atoms with Crippen molar-refractivity contribution in [3.05, 3.63) is 65.3 Å².